The summed E-state index contributed by atoms with van der Waals surface area (Å²) >= 11 is 1.64. The van der Waals surface area contributed by atoms with Crippen molar-refractivity contribution in [3.8, 4) is 0 Å². The molecule has 130 valence electrons. The van der Waals surface area contributed by atoms with E-state index in [1.807, 2.05) is 32.0 Å². The Morgan fingerprint density at radius 1 is 1.32 bits per heavy atom. The molecular weight excluding hydrogens is 336 g/mol. The normalized spacial score (nSPS) is 12.1. The van der Waals surface area contributed by atoms with Gasteiger partial charge in [0.2, 0.25) is 0 Å². The Balaban J connectivity index is 1.83. The van der Waals surface area contributed by atoms with Crippen molar-refractivity contribution in [1.82, 2.24) is 15.5 Å². The fraction of sp³-hybridized carbons (Fsp3) is 0.278. The van der Waals surface area contributed by atoms with Crippen LogP contribution in [-0.4, -0.2) is 27.4 Å². The van der Waals surface area contributed by atoms with Crippen LogP contribution in [0.5, 0.6) is 0 Å². The number of thiophene rings is 1. The van der Waals surface area contributed by atoms with Crippen molar-refractivity contribution in [3.63, 3.8) is 0 Å². The molecule has 25 heavy (non-hydrogen) atoms. The zero-order valence-electron chi connectivity index (χ0n) is 14.1. The molecule has 6 nitrogen and oxygen atoms in total. The van der Waals surface area contributed by atoms with E-state index in [-0.39, 0.29) is 6.04 Å². The lowest BCUT2D eigenvalue weighted by atomic mass is 10.1. The number of fused-ring (bicyclic) bond motifs is 1. The molecule has 0 radical (unpaired) electrons. The van der Waals surface area contributed by atoms with E-state index in [0.29, 0.717) is 13.0 Å². The van der Waals surface area contributed by atoms with E-state index in [2.05, 4.69) is 33.0 Å². The van der Waals surface area contributed by atoms with E-state index in [4.69, 9.17) is 5.11 Å². The van der Waals surface area contributed by atoms with E-state index in [1.54, 1.807) is 17.5 Å². The minimum atomic E-state index is -1.00. The van der Waals surface area contributed by atoms with Crippen LogP contribution >= 0.6 is 11.3 Å². The molecule has 0 saturated heterocycles. The molecule has 7 heteroatoms. The molecule has 0 fully saturated rings. The second-order valence-electron chi connectivity index (χ2n) is 5.98. The molecule has 0 aliphatic rings. The van der Waals surface area contributed by atoms with Gasteiger partial charge in [-0.3, -0.25) is 0 Å². The van der Waals surface area contributed by atoms with Gasteiger partial charge >= 0.3 is 6.09 Å². The van der Waals surface area contributed by atoms with Gasteiger partial charge in [-0.25, -0.2) is 4.79 Å². The number of nitrogens with one attached hydrogen (secondary N) is 2. The maximum Gasteiger partial charge on any atom is 0.404 e. The van der Waals surface area contributed by atoms with Gasteiger partial charge in [-0.1, -0.05) is 30.3 Å². The molecule has 0 saturated carbocycles. The van der Waals surface area contributed by atoms with Crippen LogP contribution in [0.1, 0.15) is 22.9 Å². The number of aryl methyl sites for hydroxylation is 1. The lowest BCUT2D eigenvalue weighted by Gasteiger charge is -2.10. The number of nitrogens with zero attached hydrogens (tertiary/aromatic N) is 2. The van der Waals surface area contributed by atoms with Crippen LogP contribution < -0.4 is 10.6 Å². The van der Waals surface area contributed by atoms with Crippen LogP contribution in [0.3, 0.4) is 0 Å². The predicted molar refractivity (Wildman–Crippen MR) is 100 cm³/mol. The van der Waals surface area contributed by atoms with Gasteiger partial charge < -0.3 is 15.7 Å². The summed E-state index contributed by atoms with van der Waals surface area (Å²) < 4.78 is 1.06. The lowest BCUT2D eigenvalue weighted by molar-refractivity contribution is 0.191. The van der Waals surface area contributed by atoms with Gasteiger partial charge in [0.1, 0.15) is 5.52 Å². The SMILES string of the molecule is Cc1c(CC(C)NC(=O)O)sc2c(NCc3ccccc3)cnnc12. The Morgan fingerprint density at radius 2 is 2.08 bits per heavy atom. The van der Waals surface area contributed by atoms with Gasteiger partial charge in [-0.15, -0.1) is 16.4 Å². The number of aromatic nitrogens is 2. The first-order chi connectivity index (χ1) is 12.0. The second-order valence-corrected chi connectivity index (χ2v) is 7.09. The molecule has 0 spiro atoms. The molecule has 1 atom stereocenters. The molecule has 0 bridgehead atoms. The molecule has 0 aliphatic carbocycles. The topological polar surface area (TPSA) is 87.1 Å². The Bertz CT molecular complexity index is 879. The van der Waals surface area contributed by atoms with E-state index < -0.39 is 6.09 Å². The van der Waals surface area contributed by atoms with E-state index in [1.165, 1.54) is 5.56 Å². The largest absolute Gasteiger partial charge is 0.465 e. The van der Waals surface area contributed by atoms with Gasteiger partial charge in [-0.05, 0) is 25.0 Å². The summed E-state index contributed by atoms with van der Waals surface area (Å²) in [5.41, 5.74) is 4.09. The van der Waals surface area contributed by atoms with Crippen LogP contribution in [-0.2, 0) is 13.0 Å². The molecule has 1 amide bonds. The van der Waals surface area contributed by atoms with Gasteiger partial charge in [0.05, 0.1) is 16.6 Å². The highest BCUT2D eigenvalue weighted by Crippen LogP contribution is 2.34. The standard InChI is InChI=1S/C18H20N4O2S/c1-11(21-18(23)24)8-15-12(2)16-17(25-15)14(10-20-22-16)19-9-13-6-4-3-5-7-13/h3-7,10-11,21H,8-9H2,1-2H3,(H,19,22)(H,23,24). The number of benzene rings is 1. The third-order valence-corrected chi connectivity index (χ3v) is 5.33. The van der Waals surface area contributed by atoms with Gasteiger partial charge in [-0.2, -0.15) is 5.10 Å². The quantitative estimate of drug-likeness (QED) is 0.625. The van der Waals surface area contributed by atoms with Crippen molar-refractivity contribution in [1.29, 1.82) is 0 Å². The molecule has 0 aliphatic heterocycles. The maximum atomic E-state index is 10.8. The average molecular weight is 356 g/mol. The third kappa shape index (κ3) is 4.06. The van der Waals surface area contributed by atoms with Crippen molar-refractivity contribution >= 4 is 33.3 Å². The summed E-state index contributed by atoms with van der Waals surface area (Å²) in [5, 5.41) is 23.2. The summed E-state index contributed by atoms with van der Waals surface area (Å²) in [7, 11) is 0. The number of carboxylic acid groups (broad SMARTS) is 1. The third-order valence-electron chi connectivity index (χ3n) is 3.99. The molecule has 1 unspecified atom stereocenters. The van der Waals surface area contributed by atoms with Crippen molar-refractivity contribution in [2.24, 2.45) is 0 Å². The number of rotatable bonds is 6. The molecule has 1 aromatic carbocycles. The van der Waals surface area contributed by atoms with Crippen LogP contribution in [0.4, 0.5) is 10.5 Å². The summed E-state index contributed by atoms with van der Waals surface area (Å²) in [6, 6.07) is 10.0. The Morgan fingerprint density at radius 3 is 2.80 bits per heavy atom. The molecule has 3 aromatic rings. The summed E-state index contributed by atoms with van der Waals surface area (Å²) in [5.74, 6) is 0. The lowest BCUT2D eigenvalue weighted by Crippen LogP contribution is -2.32. The summed E-state index contributed by atoms with van der Waals surface area (Å²) in [6.07, 6.45) is 1.37. The fourth-order valence-corrected chi connectivity index (χ4v) is 4.07. The average Bonchev–Trinajstić information content (AvgIpc) is 2.90. The van der Waals surface area contributed by atoms with Gasteiger partial charge in [0, 0.05) is 23.9 Å². The van der Waals surface area contributed by atoms with Gasteiger partial charge in [0.15, 0.2) is 0 Å². The van der Waals surface area contributed by atoms with Crippen molar-refractivity contribution in [2.75, 3.05) is 5.32 Å². The van der Waals surface area contributed by atoms with Crippen molar-refractivity contribution in [2.45, 2.75) is 32.9 Å². The molecule has 2 aromatic heterocycles. The number of hydrogen-bond acceptors (Lipinski definition) is 5. The first kappa shape index (κ1) is 17.2. The summed E-state index contributed by atoms with van der Waals surface area (Å²) in [4.78, 5) is 11.9. The van der Waals surface area contributed by atoms with Crippen LogP contribution in [0, 0.1) is 6.92 Å². The van der Waals surface area contributed by atoms with E-state index >= 15 is 0 Å². The molecule has 3 rings (SSSR count). The van der Waals surface area contributed by atoms with Gasteiger partial charge in [0.25, 0.3) is 0 Å². The van der Waals surface area contributed by atoms with Crippen LogP contribution in [0.15, 0.2) is 36.5 Å². The monoisotopic (exact) mass is 356 g/mol. The zero-order chi connectivity index (χ0) is 17.8. The van der Waals surface area contributed by atoms with E-state index in [9.17, 15) is 4.79 Å². The van der Waals surface area contributed by atoms with E-state index in [0.717, 1.165) is 26.3 Å². The molecule has 2 heterocycles. The fourth-order valence-electron chi connectivity index (χ4n) is 2.71. The minimum Gasteiger partial charge on any atom is -0.465 e. The molecule has 3 N–H and O–H groups in total. The Kier molecular flexibility index (Phi) is 5.14. The second kappa shape index (κ2) is 7.48. The molecular formula is C18H20N4O2S. The predicted octanol–water partition coefficient (Wildman–Crippen LogP) is 3.81. The number of anilines is 1. The van der Waals surface area contributed by atoms with Crippen molar-refractivity contribution in [3.05, 3.63) is 52.5 Å². The highest BCUT2D eigenvalue weighted by molar-refractivity contribution is 7.19. The first-order valence-electron chi connectivity index (χ1n) is 8.05. The number of amides is 1. The highest BCUT2D eigenvalue weighted by Gasteiger charge is 2.16. The smallest absolute Gasteiger partial charge is 0.404 e. The van der Waals surface area contributed by atoms with Crippen molar-refractivity contribution < 1.29 is 9.90 Å². The van der Waals surface area contributed by atoms with Crippen LogP contribution in [0.25, 0.3) is 10.2 Å². The van der Waals surface area contributed by atoms with Crippen LogP contribution in [0.2, 0.25) is 0 Å². The Labute approximate surface area is 149 Å². The number of hydrogen-bond donors (Lipinski definition) is 3. The highest BCUT2D eigenvalue weighted by atomic mass is 32.1. The number of carbonyl (C=O) groups is 1. The minimum absolute atomic E-state index is 0.155. The summed E-state index contributed by atoms with van der Waals surface area (Å²) in [6.45, 7) is 4.58. The zero-order valence-corrected chi connectivity index (χ0v) is 14.9. The first-order valence-corrected chi connectivity index (χ1v) is 8.87. The Hall–Kier alpha value is -2.67. The maximum absolute atomic E-state index is 10.8.